The molecule has 0 saturated heterocycles. The first kappa shape index (κ1) is 17.0. The summed E-state index contributed by atoms with van der Waals surface area (Å²) in [6.45, 7) is 1.39. The van der Waals surface area contributed by atoms with E-state index in [0.29, 0.717) is 11.1 Å². The number of methoxy groups -OCH3 is 1. The van der Waals surface area contributed by atoms with Crippen LogP contribution in [0, 0.1) is 5.82 Å². The molecule has 0 aliphatic rings. The second-order valence-electron chi connectivity index (χ2n) is 4.83. The van der Waals surface area contributed by atoms with Crippen LogP contribution in [0.1, 0.15) is 22.8 Å². The quantitative estimate of drug-likeness (QED) is 0.598. The molecule has 2 aromatic rings. The van der Waals surface area contributed by atoms with Gasteiger partial charge in [-0.15, -0.1) is 0 Å². The SMILES string of the molecule is COc1cc(C(C)=O)ccc1OS(=O)(=O)Cc1ccc(F)cc1. The number of ether oxygens (including phenoxy) is 1. The van der Waals surface area contributed by atoms with Gasteiger partial charge in [-0.05, 0) is 42.8 Å². The number of halogens is 1. The van der Waals surface area contributed by atoms with E-state index in [1.807, 2.05) is 0 Å². The Labute approximate surface area is 133 Å². The van der Waals surface area contributed by atoms with E-state index in [2.05, 4.69) is 0 Å². The van der Waals surface area contributed by atoms with Crippen LogP contribution in [0.4, 0.5) is 4.39 Å². The average Bonchev–Trinajstić information content (AvgIpc) is 2.49. The molecule has 0 bridgehead atoms. The van der Waals surface area contributed by atoms with E-state index in [1.165, 1.54) is 56.5 Å². The number of benzene rings is 2. The summed E-state index contributed by atoms with van der Waals surface area (Å²) < 4.78 is 47.1. The molecule has 0 saturated carbocycles. The highest BCUT2D eigenvalue weighted by Gasteiger charge is 2.18. The Morgan fingerprint density at radius 3 is 2.30 bits per heavy atom. The Kier molecular flexibility index (Phi) is 5.00. The molecule has 0 unspecified atom stereocenters. The Hall–Kier alpha value is -2.41. The van der Waals surface area contributed by atoms with E-state index in [0.717, 1.165) is 0 Å². The zero-order valence-electron chi connectivity index (χ0n) is 12.6. The van der Waals surface area contributed by atoms with Crippen molar-refractivity contribution in [3.63, 3.8) is 0 Å². The van der Waals surface area contributed by atoms with Gasteiger partial charge in [0.25, 0.3) is 0 Å². The molecule has 2 rings (SSSR count). The van der Waals surface area contributed by atoms with Gasteiger partial charge in [0.05, 0.1) is 7.11 Å². The monoisotopic (exact) mass is 338 g/mol. The number of rotatable bonds is 6. The van der Waals surface area contributed by atoms with Crippen LogP contribution in [-0.2, 0) is 15.9 Å². The molecule has 0 spiro atoms. The van der Waals surface area contributed by atoms with Gasteiger partial charge in [0.1, 0.15) is 11.6 Å². The lowest BCUT2D eigenvalue weighted by Crippen LogP contribution is -2.13. The average molecular weight is 338 g/mol. The lowest BCUT2D eigenvalue weighted by Gasteiger charge is -2.11. The smallest absolute Gasteiger partial charge is 0.313 e. The minimum Gasteiger partial charge on any atom is -0.493 e. The van der Waals surface area contributed by atoms with Crippen molar-refractivity contribution in [2.45, 2.75) is 12.7 Å². The van der Waals surface area contributed by atoms with Crippen LogP contribution in [0.5, 0.6) is 11.5 Å². The summed E-state index contributed by atoms with van der Waals surface area (Å²) in [6, 6.07) is 9.30. The van der Waals surface area contributed by atoms with Crippen molar-refractivity contribution < 1.29 is 26.5 Å². The minimum atomic E-state index is -3.95. The molecule has 0 heterocycles. The first-order valence-corrected chi connectivity index (χ1v) is 8.24. The van der Waals surface area contributed by atoms with Crippen LogP contribution < -0.4 is 8.92 Å². The normalized spacial score (nSPS) is 11.1. The number of Topliss-reactive ketones (excluding diaryl/α,β-unsaturated/α-hetero) is 1. The zero-order valence-corrected chi connectivity index (χ0v) is 13.4. The maximum atomic E-state index is 12.8. The lowest BCUT2D eigenvalue weighted by atomic mass is 10.1. The van der Waals surface area contributed by atoms with Gasteiger partial charge in [-0.1, -0.05) is 12.1 Å². The van der Waals surface area contributed by atoms with Gasteiger partial charge < -0.3 is 8.92 Å². The first-order valence-electron chi connectivity index (χ1n) is 6.66. The zero-order chi connectivity index (χ0) is 17.0. The molecule has 0 amide bonds. The highest BCUT2D eigenvalue weighted by molar-refractivity contribution is 7.86. The molecule has 0 radical (unpaired) electrons. The number of carbonyl (C=O) groups is 1. The van der Waals surface area contributed by atoms with E-state index in [9.17, 15) is 17.6 Å². The highest BCUT2D eigenvalue weighted by Crippen LogP contribution is 2.30. The van der Waals surface area contributed by atoms with Crippen molar-refractivity contribution >= 4 is 15.9 Å². The fraction of sp³-hybridized carbons (Fsp3) is 0.188. The summed E-state index contributed by atoms with van der Waals surface area (Å²) in [5.74, 6) is -0.914. The third-order valence-electron chi connectivity index (χ3n) is 3.04. The number of ketones is 1. The summed E-state index contributed by atoms with van der Waals surface area (Å²) in [5, 5.41) is 0. The van der Waals surface area contributed by atoms with Gasteiger partial charge >= 0.3 is 10.1 Å². The lowest BCUT2D eigenvalue weighted by molar-refractivity contribution is 0.101. The number of hydrogen-bond acceptors (Lipinski definition) is 5. The third-order valence-corrected chi connectivity index (χ3v) is 4.16. The fourth-order valence-corrected chi connectivity index (χ4v) is 2.98. The predicted octanol–water partition coefficient (Wildman–Crippen LogP) is 2.95. The molecular weight excluding hydrogens is 323 g/mol. The Morgan fingerprint density at radius 2 is 1.74 bits per heavy atom. The predicted molar refractivity (Wildman–Crippen MR) is 82.7 cm³/mol. The molecule has 122 valence electrons. The molecule has 23 heavy (non-hydrogen) atoms. The van der Waals surface area contributed by atoms with Gasteiger partial charge in [0.15, 0.2) is 17.3 Å². The summed E-state index contributed by atoms with van der Waals surface area (Å²) in [7, 11) is -2.61. The molecule has 0 aliphatic carbocycles. The van der Waals surface area contributed by atoms with Crippen LogP contribution in [0.3, 0.4) is 0 Å². The topological polar surface area (TPSA) is 69.7 Å². The van der Waals surface area contributed by atoms with Gasteiger partial charge in [-0.3, -0.25) is 4.79 Å². The third kappa shape index (κ3) is 4.53. The van der Waals surface area contributed by atoms with E-state index < -0.39 is 21.7 Å². The summed E-state index contributed by atoms with van der Waals surface area (Å²) >= 11 is 0. The van der Waals surface area contributed by atoms with Crippen LogP contribution >= 0.6 is 0 Å². The molecule has 0 N–H and O–H groups in total. The Balaban J connectivity index is 2.23. The summed E-state index contributed by atoms with van der Waals surface area (Å²) in [4.78, 5) is 11.3. The molecule has 7 heteroatoms. The second kappa shape index (κ2) is 6.78. The number of carbonyl (C=O) groups excluding carboxylic acids is 1. The molecule has 0 aliphatic heterocycles. The molecule has 0 atom stereocenters. The molecule has 5 nitrogen and oxygen atoms in total. The van der Waals surface area contributed by atoms with E-state index in [4.69, 9.17) is 8.92 Å². The van der Waals surface area contributed by atoms with Crippen molar-refractivity contribution in [1.82, 2.24) is 0 Å². The van der Waals surface area contributed by atoms with Crippen molar-refractivity contribution in [2.24, 2.45) is 0 Å². The van der Waals surface area contributed by atoms with Crippen LogP contribution in [0.25, 0.3) is 0 Å². The van der Waals surface area contributed by atoms with Crippen molar-refractivity contribution in [1.29, 1.82) is 0 Å². The molecule has 0 aromatic heterocycles. The summed E-state index contributed by atoms with van der Waals surface area (Å²) in [6.07, 6.45) is 0. The first-order chi connectivity index (χ1) is 10.8. The largest absolute Gasteiger partial charge is 0.493 e. The van der Waals surface area contributed by atoms with E-state index in [1.54, 1.807) is 0 Å². The maximum Gasteiger partial charge on any atom is 0.313 e. The van der Waals surface area contributed by atoms with Crippen LogP contribution in [0.2, 0.25) is 0 Å². The molecular formula is C16H15FO5S. The maximum absolute atomic E-state index is 12.8. The van der Waals surface area contributed by atoms with Crippen molar-refractivity contribution in [2.75, 3.05) is 7.11 Å². The Morgan fingerprint density at radius 1 is 1.09 bits per heavy atom. The van der Waals surface area contributed by atoms with Crippen LogP contribution in [0.15, 0.2) is 42.5 Å². The highest BCUT2D eigenvalue weighted by atomic mass is 32.2. The summed E-state index contributed by atoms with van der Waals surface area (Å²) in [5.41, 5.74) is 0.774. The van der Waals surface area contributed by atoms with Gasteiger partial charge in [0.2, 0.25) is 0 Å². The van der Waals surface area contributed by atoms with Gasteiger partial charge in [-0.2, -0.15) is 8.42 Å². The minimum absolute atomic E-state index is 0.0142. The van der Waals surface area contributed by atoms with Gasteiger partial charge in [0, 0.05) is 5.56 Å². The number of hydrogen-bond donors (Lipinski definition) is 0. The van der Waals surface area contributed by atoms with E-state index in [-0.39, 0.29) is 17.3 Å². The Bertz CT molecular complexity index is 813. The molecule has 2 aromatic carbocycles. The fourth-order valence-electron chi connectivity index (χ4n) is 1.91. The molecule has 0 fully saturated rings. The van der Waals surface area contributed by atoms with E-state index >= 15 is 0 Å². The second-order valence-corrected chi connectivity index (χ2v) is 6.40. The standard InChI is InChI=1S/C16H15FO5S/c1-11(18)13-5-8-15(16(9-13)21-2)22-23(19,20)10-12-3-6-14(17)7-4-12/h3-9H,10H2,1-2H3. The van der Waals surface area contributed by atoms with Crippen molar-refractivity contribution in [3.05, 3.63) is 59.4 Å². The van der Waals surface area contributed by atoms with Crippen molar-refractivity contribution in [3.8, 4) is 11.5 Å². The van der Waals surface area contributed by atoms with Crippen LogP contribution in [-0.4, -0.2) is 21.3 Å². The van der Waals surface area contributed by atoms with Gasteiger partial charge in [-0.25, -0.2) is 4.39 Å².